The van der Waals surface area contributed by atoms with Gasteiger partial charge >= 0.3 is 5.97 Å². The maximum Gasteiger partial charge on any atom is 0.341 e. The molecule has 3 rings (SSSR count). The highest BCUT2D eigenvalue weighted by molar-refractivity contribution is 6.31. The van der Waals surface area contributed by atoms with Gasteiger partial charge in [0.2, 0.25) is 5.95 Å². The Hall–Kier alpha value is -2.86. The molecule has 0 amide bonds. The fourth-order valence-electron chi connectivity index (χ4n) is 2.46. The fraction of sp³-hybridized carbons (Fsp3) is 0.118. The topological polar surface area (TPSA) is 87.3 Å². The third kappa shape index (κ3) is 2.83. The highest BCUT2D eigenvalue weighted by atomic mass is 35.5. The molecular formula is C17H14ClN3O3. The molecule has 1 aromatic heterocycles. The molecule has 0 bridgehead atoms. The fourth-order valence-corrected chi connectivity index (χ4v) is 2.64. The maximum absolute atomic E-state index is 12.0. The lowest BCUT2D eigenvalue weighted by Gasteiger charge is -2.11. The number of nitrogens with two attached hydrogens (primary N) is 1. The van der Waals surface area contributed by atoms with Crippen LogP contribution in [0.1, 0.15) is 10.4 Å². The van der Waals surface area contributed by atoms with E-state index < -0.39 is 5.97 Å². The van der Waals surface area contributed by atoms with E-state index in [0.29, 0.717) is 33.1 Å². The molecule has 3 aromatic rings. The minimum atomic E-state index is -0.502. The first-order valence-corrected chi connectivity index (χ1v) is 7.40. The van der Waals surface area contributed by atoms with Crippen molar-refractivity contribution in [3.63, 3.8) is 0 Å². The Morgan fingerprint density at radius 1 is 1.12 bits per heavy atom. The van der Waals surface area contributed by atoms with Gasteiger partial charge in [0.1, 0.15) is 11.3 Å². The highest BCUT2D eigenvalue weighted by Crippen LogP contribution is 2.32. The van der Waals surface area contributed by atoms with E-state index in [1.807, 2.05) is 0 Å². The van der Waals surface area contributed by atoms with E-state index in [2.05, 4.69) is 9.97 Å². The number of aromatic nitrogens is 2. The van der Waals surface area contributed by atoms with Crippen molar-refractivity contribution in [2.24, 2.45) is 0 Å². The van der Waals surface area contributed by atoms with Gasteiger partial charge in [-0.25, -0.2) is 14.8 Å². The summed E-state index contributed by atoms with van der Waals surface area (Å²) in [7, 11) is 2.80. The van der Waals surface area contributed by atoms with Crippen LogP contribution in [0.15, 0.2) is 36.4 Å². The molecule has 0 unspecified atom stereocenters. The van der Waals surface area contributed by atoms with Gasteiger partial charge in [-0.15, -0.1) is 0 Å². The molecule has 0 fully saturated rings. The van der Waals surface area contributed by atoms with E-state index in [1.165, 1.54) is 14.2 Å². The molecule has 24 heavy (non-hydrogen) atoms. The highest BCUT2D eigenvalue weighted by Gasteiger charge is 2.16. The summed E-state index contributed by atoms with van der Waals surface area (Å²) in [6.07, 6.45) is 0. The standard InChI is InChI=1S/C17H14ClN3O3/c1-23-14-6-3-9(7-12(14)16(22)24-2)15-11-8-10(18)4-5-13(11)20-17(19)21-15/h3-8H,1-2H3,(H2,19,20,21). The predicted octanol–water partition coefficient (Wildman–Crippen LogP) is 3.33. The number of rotatable bonds is 3. The third-order valence-corrected chi connectivity index (χ3v) is 3.79. The molecule has 0 aliphatic carbocycles. The molecule has 0 aliphatic rings. The van der Waals surface area contributed by atoms with Crippen molar-refractivity contribution in [1.82, 2.24) is 9.97 Å². The first kappa shape index (κ1) is 16.0. The van der Waals surface area contributed by atoms with E-state index in [9.17, 15) is 4.79 Å². The van der Waals surface area contributed by atoms with Gasteiger partial charge in [0.05, 0.1) is 25.4 Å². The third-order valence-electron chi connectivity index (χ3n) is 3.55. The second-order valence-corrected chi connectivity index (χ2v) is 5.43. The van der Waals surface area contributed by atoms with Crippen molar-refractivity contribution in [3.8, 4) is 17.0 Å². The first-order chi connectivity index (χ1) is 11.5. The second kappa shape index (κ2) is 6.33. The van der Waals surface area contributed by atoms with Crippen LogP contribution in [0.4, 0.5) is 5.95 Å². The smallest absolute Gasteiger partial charge is 0.341 e. The van der Waals surface area contributed by atoms with Gasteiger partial charge in [-0.3, -0.25) is 0 Å². The van der Waals surface area contributed by atoms with Crippen molar-refractivity contribution < 1.29 is 14.3 Å². The molecule has 0 spiro atoms. The van der Waals surface area contributed by atoms with Crippen molar-refractivity contribution in [1.29, 1.82) is 0 Å². The molecule has 0 radical (unpaired) electrons. The number of anilines is 1. The first-order valence-electron chi connectivity index (χ1n) is 7.03. The van der Waals surface area contributed by atoms with Crippen LogP contribution < -0.4 is 10.5 Å². The maximum atomic E-state index is 12.0. The van der Waals surface area contributed by atoms with Crippen LogP contribution in [0.5, 0.6) is 5.75 Å². The number of hydrogen-bond acceptors (Lipinski definition) is 6. The molecule has 0 saturated heterocycles. The zero-order valence-corrected chi connectivity index (χ0v) is 13.8. The lowest BCUT2D eigenvalue weighted by atomic mass is 10.0. The number of carbonyl (C=O) groups is 1. The van der Waals surface area contributed by atoms with Gasteiger partial charge in [0.25, 0.3) is 0 Å². The molecule has 6 nitrogen and oxygen atoms in total. The number of halogens is 1. The Morgan fingerprint density at radius 2 is 1.92 bits per heavy atom. The number of benzene rings is 2. The molecule has 0 aliphatic heterocycles. The number of fused-ring (bicyclic) bond motifs is 1. The van der Waals surface area contributed by atoms with Crippen LogP contribution in [0.3, 0.4) is 0 Å². The van der Waals surface area contributed by atoms with E-state index in [4.69, 9.17) is 26.8 Å². The average molecular weight is 344 g/mol. The molecule has 122 valence electrons. The number of nitrogens with zero attached hydrogens (tertiary/aromatic N) is 2. The number of ether oxygens (including phenoxy) is 2. The van der Waals surface area contributed by atoms with Gasteiger partial charge in [-0.05, 0) is 36.4 Å². The molecule has 7 heteroatoms. The Kier molecular flexibility index (Phi) is 4.22. The van der Waals surface area contributed by atoms with E-state index >= 15 is 0 Å². The van der Waals surface area contributed by atoms with Crippen LogP contribution in [-0.2, 0) is 4.74 Å². The van der Waals surface area contributed by atoms with E-state index in [-0.39, 0.29) is 5.95 Å². The van der Waals surface area contributed by atoms with Crippen LogP contribution in [0, 0.1) is 0 Å². The number of hydrogen-bond donors (Lipinski definition) is 1. The number of carbonyl (C=O) groups excluding carboxylic acids is 1. The zero-order chi connectivity index (χ0) is 17.3. The molecule has 1 heterocycles. The van der Waals surface area contributed by atoms with Gasteiger partial charge in [-0.1, -0.05) is 11.6 Å². The van der Waals surface area contributed by atoms with Crippen molar-refractivity contribution in [2.45, 2.75) is 0 Å². The van der Waals surface area contributed by atoms with Crippen LogP contribution in [0.25, 0.3) is 22.2 Å². The minimum absolute atomic E-state index is 0.134. The normalized spacial score (nSPS) is 10.6. The van der Waals surface area contributed by atoms with E-state index in [0.717, 1.165) is 5.39 Å². The molecule has 0 atom stereocenters. The minimum Gasteiger partial charge on any atom is -0.496 e. The summed E-state index contributed by atoms with van der Waals surface area (Å²) >= 11 is 6.09. The molecule has 0 saturated carbocycles. The lowest BCUT2D eigenvalue weighted by molar-refractivity contribution is 0.0597. The summed E-state index contributed by atoms with van der Waals surface area (Å²) in [5.41, 5.74) is 8.02. The quantitative estimate of drug-likeness (QED) is 0.734. The number of methoxy groups -OCH3 is 2. The predicted molar refractivity (Wildman–Crippen MR) is 92.3 cm³/mol. The summed E-state index contributed by atoms with van der Waals surface area (Å²) in [5.74, 6) is 0.0447. The Morgan fingerprint density at radius 3 is 2.62 bits per heavy atom. The monoisotopic (exact) mass is 343 g/mol. The van der Waals surface area contributed by atoms with Gasteiger partial charge in [-0.2, -0.15) is 0 Å². The van der Waals surface area contributed by atoms with Gasteiger partial charge in [0, 0.05) is 16.0 Å². The summed E-state index contributed by atoms with van der Waals surface area (Å²) in [5, 5.41) is 1.29. The van der Waals surface area contributed by atoms with Crippen LogP contribution in [0.2, 0.25) is 5.02 Å². The zero-order valence-electron chi connectivity index (χ0n) is 13.0. The number of esters is 1. The van der Waals surface area contributed by atoms with Crippen LogP contribution in [-0.4, -0.2) is 30.2 Å². The lowest BCUT2D eigenvalue weighted by Crippen LogP contribution is -2.05. The average Bonchev–Trinajstić information content (AvgIpc) is 2.60. The van der Waals surface area contributed by atoms with Gasteiger partial charge in [0.15, 0.2) is 0 Å². The molecule has 2 aromatic carbocycles. The summed E-state index contributed by atoms with van der Waals surface area (Å²) in [4.78, 5) is 20.5. The largest absolute Gasteiger partial charge is 0.496 e. The summed E-state index contributed by atoms with van der Waals surface area (Å²) in [6.45, 7) is 0. The number of nitrogen functional groups attached to an aromatic ring is 1. The Labute approximate surface area is 143 Å². The Bertz CT molecular complexity index is 944. The van der Waals surface area contributed by atoms with Gasteiger partial charge < -0.3 is 15.2 Å². The second-order valence-electron chi connectivity index (χ2n) is 5.00. The molecule has 2 N–H and O–H groups in total. The van der Waals surface area contributed by atoms with Crippen molar-refractivity contribution in [3.05, 3.63) is 47.0 Å². The van der Waals surface area contributed by atoms with E-state index in [1.54, 1.807) is 36.4 Å². The SMILES string of the molecule is COC(=O)c1cc(-c2nc(N)nc3ccc(Cl)cc23)ccc1OC. The Balaban J connectivity index is 2.27. The summed E-state index contributed by atoms with van der Waals surface area (Å²) < 4.78 is 10.0. The van der Waals surface area contributed by atoms with Crippen molar-refractivity contribution in [2.75, 3.05) is 20.0 Å². The van der Waals surface area contributed by atoms with Crippen molar-refractivity contribution >= 4 is 34.4 Å². The summed E-state index contributed by atoms with van der Waals surface area (Å²) in [6, 6.07) is 10.4. The van der Waals surface area contributed by atoms with Crippen LogP contribution >= 0.6 is 11.6 Å². The molecular weight excluding hydrogens is 330 g/mol.